The Kier molecular flexibility index (Phi) is 6.18. The zero-order chi connectivity index (χ0) is 13.7. The Labute approximate surface area is 126 Å². The van der Waals surface area contributed by atoms with Crippen LogP contribution in [-0.2, 0) is 0 Å². The summed E-state index contributed by atoms with van der Waals surface area (Å²) < 4.78 is 0. The normalized spacial score (nSPS) is 10.1. The van der Waals surface area contributed by atoms with Crippen molar-refractivity contribution < 1.29 is 10.3 Å². The van der Waals surface area contributed by atoms with Gasteiger partial charge < -0.3 is 5.48 Å². The Morgan fingerprint density at radius 3 is 2.35 bits per heavy atom. The maximum Gasteiger partial charge on any atom is 0.271 e. The second-order valence-corrected chi connectivity index (χ2v) is 4.57. The third-order valence-electron chi connectivity index (χ3n) is 2.38. The predicted octanol–water partition coefficient (Wildman–Crippen LogP) is 2.93. The summed E-state index contributed by atoms with van der Waals surface area (Å²) in [5.74, 6) is -0.306. The Bertz CT molecular complexity index is 613. The summed E-state index contributed by atoms with van der Waals surface area (Å²) in [5.41, 5.74) is 3.65. The molecule has 1 amide bonds. The van der Waals surface area contributed by atoms with E-state index in [1.165, 1.54) is 6.21 Å². The first-order valence-corrected chi connectivity index (χ1v) is 6.26. The molecule has 0 radical (unpaired) electrons. The highest BCUT2D eigenvalue weighted by atomic mass is 35.5. The summed E-state index contributed by atoms with van der Waals surface area (Å²) in [6.07, 6.45) is 1.50. The van der Waals surface area contributed by atoms with Gasteiger partial charge in [-0.25, -0.2) is 5.43 Å². The van der Waals surface area contributed by atoms with Crippen molar-refractivity contribution in [2.75, 3.05) is 0 Å². The lowest BCUT2D eigenvalue weighted by atomic mass is 10.2. The zero-order valence-electron chi connectivity index (χ0n) is 10.3. The van der Waals surface area contributed by atoms with Gasteiger partial charge in [-0.05, 0) is 30.3 Å². The van der Waals surface area contributed by atoms with Crippen LogP contribution in [0.5, 0.6) is 0 Å². The molecule has 0 saturated heterocycles. The molecule has 104 valence electrons. The van der Waals surface area contributed by atoms with Gasteiger partial charge in [-0.1, -0.05) is 41.4 Å². The molecule has 0 heterocycles. The van der Waals surface area contributed by atoms with Crippen LogP contribution in [0.25, 0.3) is 0 Å². The molecular weight excluding hydrogens is 299 g/mol. The molecule has 0 bridgehead atoms. The van der Waals surface area contributed by atoms with E-state index in [2.05, 4.69) is 10.5 Å². The lowest BCUT2D eigenvalue weighted by Gasteiger charge is -2.00. The molecule has 0 fully saturated rings. The van der Waals surface area contributed by atoms with Crippen LogP contribution in [0.2, 0.25) is 10.0 Å². The molecule has 3 N–H and O–H groups in total. The van der Waals surface area contributed by atoms with E-state index in [-0.39, 0.29) is 11.4 Å². The van der Waals surface area contributed by atoms with Crippen molar-refractivity contribution in [3.63, 3.8) is 0 Å². The summed E-state index contributed by atoms with van der Waals surface area (Å²) in [6.45, 7) is 0. The molecule has 0 unspecified atom stereocenters. The minimum Gasteiger partial charge on any atom is -0.412 e. The van der Waals surface area contributed by atoms with Crippen molar-refractivity contribution >= 4 is 35.3 Å². The second kappa shape index (κ2) is 7.65. The molecule has 2 rings (SSSR count). The molecule has 0 atom stereocenters. The topological polar surface area (TPSA) is 73.0 Å². The number of halogens is 2. The summed E-state index contributed by atoms with van der Waals surface area (Å²) in [4.78, 5) is 11.7. The number of nitrogens with zero attached hydrogens (tertiary/aromatic N) is 1. The Morgan fingerprint density at radius 2 is 1.70 bits per heavy atom. The molecule has 0 aliphatic rings. The number of rotatable bonds is 3. The monoisotopic (exact) mass is 310 g/mol. The highest BCUT2D eigenvalue weighted by molar-refractivity contribution is 6.33. The molecule has 0 aliphatic heterocycles. The van der Waals surface area contributed by atoms with Crippen molar-refractivity contribution in [3.05, 3.63) is 69.7 Å². The van der Waals surface area contributed by atoms with Crippen molar-refractivity contribution in [2.24, 2.45) is 5.10 Å². The third kappa shape index (κ3) is 4.35. The molecular formula is C14H12Cl2N2O2. The highest BCUT2D eigenvalue weighted by Crippen LogP contribution is 2.12. The smallest absolute Gasteiger partial charge is 0.271 e. The summed E-state index contributed by atoms with van der Waals surface area (Å²) in [6, 6.07) is 13.8. The maximum absolute atomic E-state index is 11.7. The Hall–Kier alpha value is -1.88. The first-order chi connectivity index (χ1) is 9.16. The third-order valence-corrected chi connectivity index (χ3v) is 2.98. The number of carbonyl (C=O) groups is 1. The van der Waals surface area contributed by atoms with Crippen molar-refractivity contribution in [3.8, 4) is 0 Å². The zero-order valence-corrected chi connectivity index (χ0v) is 11.8. The van der Waals surface area contributed by atoms with Gasteiger partial charge in [-0.2, -0.15) is 5.10 Å². The molecule has 2 aromatic carbocycles. The molecule has 2 aromatic rings. The van der Waals surface area contributed by atoms with Gasteiger partial charge in [0.15, 0.2) is 0 Å². The minimum atomic E-state index is -0.306. The number of hydrazone groups is 1. The Balaban J connectivity index is 0.00000200. The van der Waals surface area contributed by atoms with Crippen LogP contribution in [0.4, 0.5) is 0 Å². The largest absolute Gasteiger partial charge is 0.412 e. The number of nitrogens with one attached hydrogen (secondary N) is 1. The summed E-state index contributed by atoms with van der Waals surface area (Å²) in [7, 11) is 0. The molecule has 20 heavy (non-hydrogen) atoms. The number of benzene rings is 2. The fourth-order valence-electron chi connectivity index (χ4n) is 1.41. The SMILES string of the molecule is O.O=C(N/N=C/c1ccccc1Cl)c1ccc(Cl)cc1. The van der Waals surface area contributed by atoms with E-state index in [0.29, 0.717) is 15.6 Å². The maximum atomic E-state index is 11.7. The average molecular weight is 311 g/mol. The van der Waals surface area contributed by atoms with Gasteiger partial charge in [-0.3, -0.25) is 4.79 Å². The van der Waals surface area contributed by atoms with Crippen molar-refractivity contribution in [1.82, 2.24) is 5.43 Å². The number of hydrogen-bond acceptors (Lipinski definition) is 2. The van der Waals surface area contributed by atoms with Gasteiger partial charge >= 0.3 is 0 Å². The van der Waals surface area contributed by atoms with Gasteiger partial charge in [0.1, 0.15) is 0 Å². The van der Waals surface area contributed by atoms with Crippen molar-refractivity contribution in [2.45, 2.75) is 0 Å². The van der Waals surface area contributed by atoms with Gasteiger partial charge in [0.05, 0.1) is 6.21 Å². The number of amides is 1. The van der Waals surface area contributed by atoms with E-state index >= 15 is 0 Å². The van der Waals surface area contributed by atoms with Crippen LogP contribution in [0.1, 0.15) is 15.9 Å². The van der Waals surface area contributed by atoms with Crippen LogP contribution in [0, 0.1) is 0 Å². The first-order valence-electron chi connectivity index (χ1n) is 5.50. The van der Waals surface area contributed by atoms with E-state index in [1.54, 1.807) is 36.4 Å². The predicted molar refractivity (Wildman–Crippen MR) is 81.6 cm³/mol. The minimum absolute atomic E-state index is 0. The van der Waals surface area contributed by atoms with E-state index in [9.17, 15) is 4.79 Å². The van der Waals surface area contributed by atoms with Gasteiger partial charge in [0.2, 0.25) is 0 Å². The fourth-order valence-corrected chi connectivity index (χ4v) is 1.72. The Morgan fingerprint density at radius 1 is 1.05 bits per heavy atom. The molecule has 4 nitrogen and oxygen atoms in total. The second-order valence-electron chi connectivity index (χ2n) is 3.73. The van der Waals surface area contributed by atoms with Crippen molar-refractivity contribution in [1.29, 1.82) is 0 Å². The summed E-state index contributed by atoms with van der Waals surface area (Å²) >= 11 is 11.7. The van der Waals surface area contributed by atoms with Gasteiger partial charge in [0, 0.05) is 21.2 Å². The van der Waals surface area contributed by atoms with Gasteiger partial charge in [-0.15, -0.1) is 0 Å². The standard InChI is InChI=1S/C14H10Cl2N2O.H2O/c15-12-7-5-10(6-8-12)14(19)18-17-9-11-3-1-2-4-13(11)16;/h1-9H,(H,18,19);1H2/b17-9+;. The van der Waals surface area contributed by atoms with E-state index in [4.69, 9.17) is 23.2 Å². The molecule has 6 heteroatoms. The first kappa shape index (κ1) is 16.2. The molecule has 0 aromatic heterocycles. The highest BCUT2D eigenvalue weighted by Gasteiger charge is 2.03. The number of carbonyl (C=O) groups excluding carboxylic acids is 1. The average Bonchev–Trinajstić information content (AvgIpc) is 2.41. The van der Waals surface area contributed by atoms with E-state index in [1.807, 2.05) is 12.1 Å². The van der Waals surface area contributed by atoms with Crippen LogP contribution >= 0.6 is 23.2 Å². The lowest BCUT2D eigenvalue weighted by molar-refractivity contribution is 0.0955. The lowest BCUT2D eigenvalue weighted by Crippen LogP contribution is -2.17. The quantitative estimate of drug-likeness (QED) is 0.687. The van der Waals surface area contributed by atoms with Gasteiger partial charge in [0.25, 0.3) is 5.91 Å². The summed E-state index contributed by atoms with van der Waals surface area (Å²) in [5, 5.41) is 5.01. The number of hydrogen-bond donors (Lipinski definition) is 1. The molecule has 0 aliphatic carbocycles. The fraction of sp³-hybridized carbons (Fsp3) is 0. The van der Waals surface area contributed by atoms with Crippen LogP contribution in [0.15, 0.2) is 53.6 Å². The van der Waals surface area contributed by atoms with Crippen LogP contribution in [0.3, 0.4) is 0 Å². The molecule has 0 saturated carbocycles. The van der Waals surface area contributed by atoms with Crippen LogP contribution in [-0.4, -0.2) is 17.6 Å². The van der Waals surface area contributed by atoms with E-state index < -0.39 is 0 Å². The van der Waals surface area contributed by atoms with Crippen LogP contribution < -0.4 is 5.43 Å². The molecule has 0 spiro atoms. The van der Waals surface area contributed by atoms with E-state index in [0.717, 1.165) is 5.56 Å².